The van der Waals surface area contributed by atoms with Crippen LogP contribution in [0.2, 0.25) is 0 Å². The van der Waals surface area contributed by atoms with Crippen LogP contribution in [0.3, 0.4) is 0 Å². The Morgan fingerprint density at radius 2 is 2.00 bits per heavy atom. The molecule has 0 aromatic heterocycles. The summed E-state index contributed by atoms with van der Waals surface area (Å²) in [5.41, 5.74) is 1.15. The van der Waals surface area contributed by atoms with Gasteiger partial charge in [0.15, 0.2) is 0 Å². The predicted molar refractivity (Wildman–Crippen MR) is 82.7 cm³/mol. The van der Waals surface area contributed by atoms with Crippen LogP contribution in [-0.2, 0) is 9.53 Å². The van der Waals surface area contributed by atoms with Gasteiger partial charge in [-0.3, -0.25) is 0 Å². The van der Waals surface area contributed by atoms with Crippen molar-refractivity contribution < 1.29 is 19.4 Å². The maximum absolute atomic E-state index is 11.5. The fourth-order valence-electron chi connectivity index (χ4n) is 1.48. The third-order valence-corrected chi connectivity index (χ3v) is 3.86. The lowest BCUT2D eigenvalue weighted by Gasteiger charge is -2.14. The van der Waals surface area contributed by atoms with Crippen molar-refractivity contribution in [3.8, 4) is 0 Å². The number of nitrogens with one attached hydrogen (secondary N) is 1. The number of rotatable bonds is 8. The zero-order valence-electron chi connectivity index (χ0n) is 12.3. The van der Waals surface area contributed by atoms with E-state index in [0.717, 1.165) is 23.3 Å². The summed E-state index contributed by atoms with van der Waals surface area (Å²) in [6.45, 7) is 4.28. The van der Waals surface area contributed by atoms with Gasteiger partial charge in [-0.1, -0.05) is 31.0 Å². The van der Waals surface area contributed by atoms with Crippen molar-refractivity contribution in [3.63, 3.8) is 0 Å². The van der Waals surface area contributed by atoms with Gasteiger partial charge in [0.2, 0.25) is 0 Å². The van der Waals surface area contributed by atoms with Gasteiger partial charge < -0.3 is 15.2 Å². The highest BCUT2D eigenvalue weighted by Gasteiger charge is 2.20. The molecule has 0 saturated carbocycles. The van der Waals surface area contributed by atoms with E-state index in [1.54, 1.807) is 0 Å². The first-order valence-electron chi connectivity index (χ1n) is 6.88. The second-order valence-electron chi connectivity index (χ2n) is 4.65. The average molecular weight is 311 g/mol. The molecule has 0 heterocycles. The molecule has 0 spiro atoms. The van der Waals surface area contributed by atoms with Crippen LogP contribution in [0.25, 0.3) is 0 Å². The van der Waals surface area contributed by atoms with Crippen LogP contribution >= 0.6 is 11.8 Å². The van der Waals surface area contributed by atoms with E-state index in [1.807, 2.05) is 38.1 Å². The van der Waals surface area contributed by atoms with E-state index in [2.05, 4.69) is 5.32 Å². The lowest BCUT2D eigenvalue weighted by Crippen LogP contribution is -2.42. The summed E-state index contributed by atoms with van der Waals surface area (Å²) in [7, 11) is 0. The minimum absolute atomic E-state index is 0.251. The van der Waals surface area contributed by atoms with Gasteiger partial charge in [-0.15, -0.1) is 11.8 Å². The minimum Gasteiger partial charge on any atom is -0.480 e. The minimum atomic E-state index is -1.07. The van der Waals surface area contributed by atoms with Crippen molar-refractivity contribution in [2.75, 3.05) is 12.4 Å². The maximum atomic E-state index is 11.5. The summed E-state index contributed by atoms with van der Waals surface area (Å²) in [5, 5.41) is 11.5. The molecule has 1 amide bonds. The molecule has 6 heteroatoms. The van der Waals surface area contributed by atoms with E-state index >= 15 is 0 Å². The van der Waals surface area contributed by atoms with Gasteiger partial charge >= 0.3 is 12.1 Å². The molecule has 1 aromatic carbocycles. The van der Waals surface area contributed by atoms with Gasteiger partial charge in [0, 0.05) is 10.6 Å². The van der Waals surface area contributed by atoms with Crippen molar-refractivity contribution in [3.05, 3.63) is 29.8 Å². The number of benzene rings is 1. The first kappa shape index (κ1) is 17.4. The van der Waals surface area contributed by atoms with Gasteiger partial charge in [0.25, 0.3) is 0 Å². The highest BCUT2D eigenvalue weighted by molar-refractivity contribution is 7.99. The molecular weight excluding hydrogens is 290 g/mol. The SMILES string of the molecule is CCCCOC(=O)N[C@@H](CSc1ccc(C)cc1)C(=O)O. The predicted octanol–water partition coefficient (Wildman–Crippen LogP) is 3.07. The first-order valence-corrected chi connectivity index (χ1v) is 7.87. The van der Waals surface area contributed by atoms with Crippen molar-refractivity contribution in [1.29, 1.82) is 0 Å². The fraction of sp³-hybridized carbons (Fsp3) is 0.467. The van der Waals surface area contributed by atoms with Gasteiger partial charge in [-0.05, 0) is 25.5 Å². The fourth-order valence-corrected chi connectivity index (χ4v) is 2.40. The Morgan fingerprint density at radius 1 is 1.33 bits per heavy atom. The first-order chi connectivity index (χ1) is 10.0. The Labute approximate surface area is 129 Å². The van der Waals surface area contributed by atoms with E-state index in [1.165, 1.54) is 11.8 Å². The third-order valence-electron chi connectivity index (χ3n) is 2.76. The quantitative estimate of drug-likeness (QED) is 0.570. The van der Waals surface area contributed by atoms with Crippen molar-refractivity contribution in [1.82, 2.24) is 5.32 Å². The standard InChI is InChI=1S/C15H21NO4S/c1-3-4-9-20-15(19)16-13(14(17)18)10-21-12-7-5-11(2)6-8-12/h5-8,13H,3-4,9-10H2,1-2H3,(H,16,19)(H,17,18)/t13-/m0/s1. The number of aryl methyl sites for hydroxylation is 1. The molecule has 0 radical (unpaired) electrons. The van der Waals surface area contributed by atoms with Gasteiger partial charge in [-0.25, -0.2) is 9.59 Å². The number of carboxylic acids is 1. The third kappa shape index (κ3) is 7.04. The molecular formula is C15H21NO4S. The Bertz CT molecular complexity index is 461. The molecule has 0 saturated heterocycles. The zero-order valence-corrected chi connectivity index (χ0v) is 13.1. The Balaban J connectivity index is 2.44. The van der Waals surface area contributed by atoms with Crippen molar-refractivity contribution >= 4 is 23.8 Å². The number of hydrogen-bond acceptors (Lipinski definition) is 4. The number of thioether (sulfide) groups is 1. The smallest absolute Gasteiger partial charge is 0.407 e. The van der Waals surface area contributed by atoms with Crippen LogP contribution in [0.1, 0.15) is 25.3 Å². The van der Waals surface area contributed by atoms with Gasteiger partial charge in [0.05, 0.1) is 6.61 Å². The molecule has 0 aliphatic carbocycles. The van der Waals surface area contributed by atoms with E-state index in [9.17, 15) is 9.59 Å². The summed E-state index contributed by atoms with van der Waals surface area (Å²) in [6, 6.07) is 6.82. The number of amides is 1. The molecule has 0 fully saturated rings. The molecule has 0 bridgehead atoms. The number of alkyl carbamates (subject to hydrolysis) is 1. The number of unbranched alkanes of at least 4 members (excludes halogenated alkanes) is 1. The Morgan fingerprint density at radius 3 is 2.57 bits per heavy atom. The number of hydrogen-bond donors (Lipinski definition) is 2. The van der Waals surface area contributed by atoms with E-state index < -0.39 is 18.1 Å². The molecule has 1 rings (SSSR count). The van der Waals surface area contributed by atoms with Crippen LogP contribution in [0.4, 0.5) is 4.79 Å². The second kappa shape index (κ2) is 9.28. The highest BCUT2D eigenvalue weighted by Crippen LogP contribution is 2.19. The van der Waals surface area contributed by atoms with Gasteiger partial charge in [-0.2, -0.15) is 0 Å². The summed E-state index contributed by atoms with van der Waals surface area (Å²) in [6.07, 6.45) is 1.00. The summed E-state index contributed by atoms with van der Waals surface area (Å²) in [4.78, 5) is 23.6. The monoisotopic (exact) mass is 311 g/mol. The molecule has 2 N–H and O–H groups in total. The van der Waals surface area contributed by atoms with Crippen molar-refractivity contribution in [2.24, 2.45) is 0 Å². The maximum Gasteiger partial charge on any atom is 0.407 e. The molecule has 5 nitrogen and oxygen atoms in total. The molecule has 116 valence electrons. The van der Waals surface area contributed by atoms with Crippen LogP contribution in [0, 0.1) is 6.92 Å². The molecule has 1 aromatic rings. The largest absolute Gasteiger partial charge is 0.480 e. The van der Waals surface area contributed by atoms with Gasteiger partial charge in [0.1, 0.15) is 6.04 Å². The van der Waals surface area contributed by atoms with Crippen LogP contribution in [0.5, 0.6) is 0 Å². The van der Waals surface area contributed by atoms with E-state index in [0.29, 0.717) is 6.61 Å². The van der Waals surface area contributed by atoms with E-state index in [-0.39, 0.29) is 5.75 Å². The lowest BCUT2D eigenvalue weighted by molar-refractivity contribution is -0.138. The summed E-state index contributed by atoms with van der Waals surface area (Å²) in [5.74, 6) is -0.816. The number of ether oxygens (including phenoxy) is 1. The molecule has 0 aliphatic heterocycles. The zero-order chi connectivity index (χ0) is 15.7. The van der Waals surface area contributed by atoms with Crippen LogP contribution in [-0.4, -0.2) is 35.6 Å². The highest BCUT2D eigenvalue weighted by atomic mass is 32.2. The van der Waals surface area contributed by atoms with E-state index in [4.69, 9.17) is 9.84 Å². The number of carboxylic acid groups (broad SMARTS) is 1. The van der Waals surface area contributed by atoms with Crippen LogP contribution < -0.4 is 5.32 Å². The normalized spacial score (nSPS) is 11.7. The molecule has 0 unspecified atom stereocenters. The number of carbonyl (C=O) groups excluding carboxylic acids is 1. The topological polar surface area (TPSA) is 75.6 Å². The lowest BCUT2D eigenvalue weighted by atomic mass is 10.2. The number of carbonyl (C=O) groups is 2. The van der Waals surface area contributed by atoms with Crippen molar-refractivity contribution in [2.45, 2.75) is 37.6 Å². The molecule has 21 heavy (non-hydrogen) atoms. The Kier molecular flexibility index (Phi) is 7.68. The Hall–Kier alpha value is -1.69. The molecule has 0 aliphatic rings. The second-order valence-corrected chi connectivity index (χ2v) is 5.74. The summed E-state index contributed by atoms with van der Waals surface area (Å²) >= 11 is 1.38. The summed E-state index contributed by atoms with van der Waals surface area (Å²) < 4.78 is 4.91. The number of aliphatic carboxylic acids is 1. The molecule has 1 atom stereocenters. The average Bonchev–Trinajstić information content (AvgIpc) is 2.45. The van der Waals surface area contributed by atoms with Crippen LogP contribution in [0.15, 0.2) is 29.2 Å².